The van der Waals surface area contributed by atoms with E-state index in [0.29, 0.717) is 22.6 Å². The molecule has 1 aliphatic heterocycles. The lowest BCUT2D eigenvalue weighted by molar-refractivity contribution is 0.101. The fourth-order valence-corrected chi connectivity index (χ4v) is 4.12. The van der Waals surface area contributed by atoms with Crippen molar-refractivity contribution in [2.75, 3.05) is 14.2 Å². The molecule has 4 rings (SSSR count). The monoisotopic (exact) mass is 452 g/mol. The van der Waals surface area contributed by atoms with Crippen molar-refractivity contribution in [1.82, 2.24) is 0 Å². The van der Waals surface area contributed by atoms with Gasteiger partial charge in [-0.25, -0.2) is 0 Å². The number of hydrogen-bond acceptors (Lipinski definition) is 7. The Balaban J connectivity index is 1.58. The first-order valence-electron chi connectivity index (χ1n) is 9.62. The molecule has 0 spiro atoms. The van der Waals surface area contributed by atoms with Gasteiger partial charge in [-0.2, -0.15) is 8.42 Å². The minimum absolute atomic E-state index is 0.0367. The molecule has 3 aromatic carbocycles. The van der Waals surface area contributed by atoms with Crippen LogP contribution in [0.25, 0.3) is 6.08 Å². The molecule has 0 saturated heterocycles. The second-order valence-electron chi connectivity index (χ2n) is 7.06. The number of ketones is 1. The lowest BCUT2D eigenvalue weighted by Crippen LogP contribution is -2.09. The van der Waals surface area contributed by atoms with E-state index < -0.39 is 10.1 Å². The zero-order chi connectivity index (χ0) is 22.9. The third kappa shape index (κ3) is 4.17. The summed E-state index contributed by atoms with van der Waals surface area (Å²) in [6.45, 7) is 1.86. The number of fused-ring (bicyclic) bond motifs is 1. The first-order valence-corrected chi connectivity index (χ1v) is 11.0. The molecule has 164 valence electrons. The van der Waals surface area contributed by atoms with Crippen LogP contribution in [0.2, 0.25) is 0 Å². The van der Waals surface area contributed by atoms with E-state index in [-0.39, 0.29) is 27.9 Å². The summed E-state index contributed by atoms with van der Waals surface area (Å²) >= 11 is 0. The van der Waals surface area contributed by atoms with Gasteiger partial charge in [0, 0.05) is 6.07 Å². The minimum Gasteiger partial charge on any atom is -0.493 e. The maximum atomic E-state index is 12.7. The van der Waals surface area contributed by atoms with Gasteiger partial charge in [-0.1, -0.05) is 23.8 Å². The highest BCUT2D eigenvalue weighted by molar-refractivity contribution is 7.87. The lowest BCUT2D eigenvalue weighted by Gasteiger charge is -2.08. The van der Waals surface area contributed by atoms with E-state index >= 15 is 0 Å². The van der Waals surface area contributed by atoms with Gasteiger partial charge >= 0.3 is 10.1 Å². The van der Waals surface area contributed by atoms with Crippen molar-refractivity contribution in [3.8, 4) is 23.0 Å². The number of ether oxygens (including phenoxy) is 3. The predicted molar refractivity (Wildman–Crippen MR) is 118 cm³/mol. The van der Waals surface area contributed by atoms with Crippen molar-refractivity contribution in [3.05, 3.63) is 83.1 Å². The van der Waals surface area contributed by atoms with E-state index in [1.165, 1.54) is 44.6 Å². The molecule has 0 aromatic heterocycles. The van der Waals surface area contributed by atoms with Gasteiger partial charge in [-0.05, 0) is 55.0 Å². The SMILES string of the molecule is COc1ccc(/C=C2/Oc3cc(OS(=O)(=O)c4ccc(C)cc4)ccc3C2=O)cc1OC. The Morgan fingerprint density at radius 3 is 2.28 bits per heavy atom. The summed E-state index contributed by atoms with van der Waals surface area (Å²) in [4.78, 5) is 12.8. The van der Waals surface area contributed by atoms with E-state index in [0.717, 1.165) is 5.56 Å². The van der Waals surface area contributed by atoms with Crippen molar-refractivity contribution in [3.63, 3.8) is 0 Å². The number of rotatable bonds is 6. The van der Waals surface area contributed by atoms with E-state index in [4.69, 9.17) is 18.4 Å². The van der Waals surface area contributed by atoms with Crippen molar-refractivity contribution < 1.29 is 31.6 Å². The third-order valence-electron chi connectivity index (χ3n) is 4.86. The largest absolute Gasteiger partial charge is 0.493 e. The standard InChI is InChI=1S/C24H20O7S/c1-15-4-8-18(9-5-15)32(26,27)31-17-7-10-19-21(14-17)30-23(24(19)25)13-16-6-11-20(28-2)22(12-16)29-3/h4-14H,1-3H3/b23-13+. The molecule has 1 aliphatic rings. The van der Waals surface area contributed by atoms with Gasteiger partial charge < -0.3 is 18.4 Å². The van der Waals surface area contributed by atoms with Crippen molar-refractivity contribution in [1.29, 1.82) is 0 Å². The molecular formula is C24H20O7S. The highest BCUT2D eigenvalue weighted by Crippen LogP contribution is 2.36. The summed E-state index contributed by atoms with van der Waals surface area (Å²) in [5.41, 5.74) is 1.93. The van der Waals surface area contributed by atoms with Gasteiger partial charge in [0.1, 0.15) is 16.4 Å². The van der Waals surface area contributed by atoms with Gasteiger partial charge in [0.2, 0.25) is 5.78 Å². The molecule has 0 fully saturated rings. The number of allylic oxidation sites excluding steroid dienone is 1. The number of aryl methyl sites for hydroxylation is 1. The van der Waals surface area contributed by atoms with Gasteiger partial charge in [0.15, 0.2) is 17.3 Å². The number of Topliss-reactive ketones (excluding diaryl/α,β-unsaturated/α-hetero) is 1. The fourth-order valence-electron chi connectivity index (χ4n) is 3.19. The summed E-state index contributed by atoms with van der Waals surface area (Å²) < 4.78 is 46.5. The third-order valence-corrected chi connectivity index (χ3v) is 6.12. The average molecular weight is 452 g/mol. The Labute approximate surface area is 185 Å². The van der Waals surface area contributed by atoms with Gasteiger partial charge in [0.25, 0.3) is 0 Å². The molecule has 8 heteroatoms. The van der Waals surface area contributed by atoms with Crippen LogP contribution in [-0.4, -0.2) is 28.4 Å². The zero-order valence-electron chi connectivity index (χ0n) is 17.6. The van der Waals surface area contributed by atoms with Gasteiger partial charge in [-0.3, -0.25) is 4.79 Å². The van der Waals surface area contributed by atoms with Crippen LogP contribution in [0.3, 0.4) is 0 Å². The van der Waals surface area contributed by atoms with Crippen LogP contribution in [-0.2, 0) is 10.1 Å². The maximum Gasteiger partial charge on any atom is 0.339 e. The van der Waals surface area contributed by atoms with Gasteiger partial charge in [-0.15, -0.1) is 0 Å². The number of methoxy groups -OCH3 is 2. The van der Waals surface area contributed by atoms with Crippen LogP contribution >= 0.6 is 0 Å². The number of hydrogen-bond donors (Lipinski definition) is 0. The Morgan fingerprint density at radius 2 is 1.59 bits per heavy atom. The van der Waals surface area contributed by atoms with E-state index in [1.807, 2.05) is 6.92 Å². The molecule has 1 heterocycles. The first-order chi connectivity index (χ1) is 15.3. The number of carbonyl (C=O) groups excluding carboxylic acids is 1. The van der Waals surface area contributed by atoms with Crippen LogP contribution in [0, 0.1) is 6.92 Å². The molecule has 0 N–H and O–H groups in total. The normalized spacial score (nSPS) is 14.1. The highest BCUT2D eigenvalue weighted by Gasteiger charge is 2.28. The van der Waals surface area contributed by atoms with Crippen molar-refractivity contribution in [2.24, 2.45) is 0 Å². The first kappa shape index (κ1) is 21.5. The van der Waals surface area contributed by atoms with Gasteiger partial charge in [0.05, 0.1) is 19.8 Å². The molecule has 0 unspecified atom stereocenters. The quantitative estimate of drug-likeness (QED) is 0.405. The van der Waals surface area contributed by atoms with Crippen LogP contribution in [0.4, 0.5) is 0 Å². The summed E-state index contributed by atoms with van der Waals surface area (Å²) in [6.07, 6.45) is 1.58. The highest BCUT2D eigenvalue weighted by atomic mass is 32.2. The van der Waals surface area contributed by atoms with E-state index in [2.05, 4.69) is 0 Å². The van der Waals surface area contributed by atoms with Crippen LogP contribution < -0.4 is 18.4 Å². The second kappa shape index (κ2) is 8.39. The van der Waals surface area contributed by atoms with Crippen molar-refractivity contribution >= 4 is 22.0 Å². The van der Waals surface area contributed by atoms with Crippen LogP contribution in [0.5, 0.6) is 23.0 Å². The Bertz CT molecular complexity index is 1320. The number of benzene rings is 3. The van der Waals surface area contributed by atoms with Crippen LogP contribution in [0.15, 0.2) is 71.3 Å². The summed E-state index contributed by atoms with van der Waals surface area (Å²) in [6, 6.07) is 15.8. The molecule has 0 aliphatic carbocycles. The fraction of sp³-hybridized carbons (Fsp3) is 0.125. The minimum atomic E-state index is -4.02. The molecule has 0 bridgehead atoms. The molecule has 0 amide bonds. The molecular weight excluding hydrogens is 432 g/mol. The summed E-state index contributed by atoms with van der Waals surface area (Å²) in [5.74, 6) is 1.13. The Morgan fingerprint density at radius 1 is 0.875 bits per heavy atom. The molecule has 3 aromatic rings. The van der Waals surface area contributed by atoms with Crippen LogP contribution in [0.1, 0.15) is 21.5 Å². The maximum absolute atomic E-state index is 12.7. The zero-order valence-corrected chi connectivity index (χ0v) is 18.4. The molecule has 0 saturated carbocycles. The van der Waals surface area contributed by atoms with E-state index in [1.54, 1.807) is 36.4 Å². The average Bonchev–Trinajstić information content (AvgIpc) is 3.08. The molecule has 0 radical (unpaired) electrons. The second-order valence-corrected chi connectivity index (χ2v) is 8.61. The predicted octanol–water partition coefficient (Wildman–Crippen LogP) is 4.40. The Kier molecular flexibility index (Phi) is 5.63. The molecule has 7 nitrogen and oxygen atoms in total. The molecule has 32 heavy (non-hydrogen) atoms. The Hall–Kier alpha value is -3.78. The molecule has 0 atom stereocenters. The number of carbonyl (C=O) groups is 1. The topological polar surface area (TPSA) is 88.1 Å². The van der Waals surface area contributed by atoms with E-state index in [9.17, 15) is 13.2 Å². The lowest BCUT2D eigenvalue weighted by atomic mass is 10.1. The summed E-state index contributed by atoms with van der Waals surface area (Å²) in [5, 5.41) is 0. The summed E-state index contributed by atoms with van der Waals surface area (Å²) in [7, 11) is -0.960. The smallest absolute Gasteiger partial charge is 0.339 e. The van der Waals surface area contributed by atoms with Crippen molar-refractivity contribution in [2.45, 2.75) is 11.8 Å².